The van der Waals surface area contributed by atoms with E-state index in [-0.39, 0.29) is 6.61 Å². The van der Waals surface area contributed by atoms with Crippen molar-refractivity contribution < 1.29 is 33.3 Å². The summed E-state index contributed by atoms with van der Waals surface area (Å²) in [7, 11) is 1.29. The van der Waals surface area contributed by atoms with Crippen LogP contribution in [0.25, 0.3) is 10.4 Å². The van der Waals surface area contributed by atoms with Gasteiger partial charge in [0.05, 0.1) is 0 Å². The van der Waals surface area contributed by atoms with Crippen molar-refractivity contribution in [3.05, 3.63) is 10.4 Å². The lowest BCUT2D eigenvalue weighted by Gasteiger charge is -2.43. The van der Waals surface area contributed by atoms with Gasteiger partial charge in [0, 0.05) is 25.9 Å². The van der Waals surface area contributed by atoms with Crippen molar-refractivity contribution in [3.8, 4) is 0 Å². The average molecular weight is 448 g/mol. The number of hydrogen-bond donors (Lipinski definition) is 1. The second-order valence-electron chi connectivity index (χ2n) is 5.26. The zero-order chi connectivity index (χ0) is 20.8. The van der Waals surface area contributed by atoms with Gasteiger partial charge in [-0.2, -0.15) is 0 Å². The van der Waals surface area contributed by atoms with Crippen LogP contribution in [0, 0.1) is 5.41 Å². The Morgan fingerprint density at radius 3 is 2.30 bits per heavy atom. The van der Waals surface area contributed by atoms with Gasteiger partial charge in [-0.15, -0.1) is 0 Å². The Labute approximate surface area is 169 Å². The lowest BCUT2D eigenvalue weighted by Crippen LogP contribution is -2.61. The molecule has 1 rings (SSSR count). The molecule has 14 heteroatoms. The molecule has 0 aliphatic carbocycles. The molecular formula is C13H17Cl3N4O7. The van der Waals surface area contributed by atoms with Crippen molar-refractivity contribution in [2.75, 3.05) is 13.7 Å². The minimum absolute atomic E-state index is 0.296. The average Bonchev–Trinajstić information content (AvgIpc) is 2.54. The number of methoxy groups -OCH3 is 1. The topological polar surface area (TPSA) is 153 Å². The highest BCUT2D eigenvalue weighted by molar-refractivity contribution is 6.76. The summed E-state index contributed by atoms with van der Waals surface area (Å²) in [6.07, 6.45) is -4.65. The summed E-state index contributed by atoms with van der Waals surface area (Å²) in [5.41, 5.74) is 8.85. The monoisotopic (exact) mass is 446 g/mol. The van der Waals surface area contributed by atoms with E-state index in [9.17, 15) is 9.59 Å². The molecule has 1 N–H and O–H groups in total. The molecule has 1 fully saturated rings. The largest absolute Gasteiger partial charge is 0.463 e. The summed E-state index contributed by atoms with van der Waals surface area (Å²) in [6.45, 7) is 2.02. The van der Waals surface area contributed by atoms with Gasteiger partial charge in [0.2, 0.25) is 12.2 Å². The van der Waals surface area contributed by atoms with E-state index in [1.165, 1.54) is 14.0 Å². The second kappa shape index (κ2) is 10.2. The fraction of sp³-hybridized carbons (Fsp3) is 0.769. The lowest BCUT2D eigenvalue weighted by molar-refractivity contribution is -0.255. The molecule has 0 amide bonds. The van der Waals surface area contributed by atoms with Gasteiger partial charge in [-0.05, 0) is 5.53 Å². The molecule has 0 aromatic carbocycles. The number of nitrogens with one attached hydrogen (secondary N) is 1. The minimum Gasteiger partial charge on any atom is -0.463 e. The van der Waals surface area contributed by atoms with Crippen molar-refractivity contribution in [2.24, 2.45) is 5.11 Å². The highest BCUT2D eigenvalue weighted by Gasteiger charge is 2.50. The zero-order valence-corrected chi connectivity index (χ0v) is 16.7. The van der Waals surface area contributed by atoms with Gasteiger partial charge in [-0.25, -0.2) is 0 Å². The zero-order valence-electron chi connectivity index (χ0n) is 14.4. The smallest absolute Gasteiger partial charge is 0.303 e. The summed E-state index contributed by atoms with van der Waals surface area (Å²) in [6, 6.07) is -1.29. The number of carbonyl (C=O) groups is 2. The number of rotatable bonds is 6. The SMILES string of the molecule is CO[C@H]1[C@H](OC(C)=O)[C@@H](N=[N+]=[N-])[C@@H](OC(=N)C(Cl)(Cl)Cl)O[C@@H]1COC(C)=O. The van der Waals surface area contributed by atoms with E-state index < -0.39 is 52.3 Å². The van der Waals surface area contributed by atoms with Crippen LogP contribution in [0.4, 0.5) is 0 Å². The third-order valence-electron chi connectivity index (χ3n) is 3.32. The molecule has 0 aromatic heterocycles. The van der Waals surface area contributed by atoms with Gasteiger partial charge in [-0.3, -0.25) is 15.0 Å². The van der Waals surface area contributed by atoms with Gasteiger partial charge in [0.1, 0.15) is 31.0 Å². The van der Waals surface area contributed by atoms with Crippen LogP contribution in [0.1, 0.15) is 13.8 Å². The summed E-state index contributed by atoms with van der Waals surface area (Å²) in [5.74, 6) is -2.12. The first-order valence-electron chi connectivity index (χ1n) is 7.36. The molecule has 1 saturated heterocycles. The van der Waals surface area contributed by atoms with E-state index in [1.54, 1.807) is 0 Å². The van der Waals surface area contributed by atoms with Crippen LogP contribution in [0.15, 0.2) is 5.11 Å². The molecule has 0 radical (unpaired) electrons. The van der Waals surface area contributed by atoms with Crippen LogP contribution < -0.4 is 0 Å². The van der Waals surface area contributed by atoms with Crippen molar-refractivity contribution in [1.29, 1.82) is 5.41 Å². The molecule has 0 saturated carbocycles. The molecule has 152 valence electrons. The van der Waals surface area contributed by atoms with E-state index in [4.69, 9.17) is 69.4 Å². The Bertz CT molecular complexity index is 624. The van der Waals surface area contributed by atoms with Crippen LogP contribution in [0.3, 0.4) is 0 Å². The van der Waals surface area contributed by atoms with Crippen LogP contribution >= 0.6 is 34.8 Å². The molecule has 0 bridgehead atoms. The first-order valence-corrected chi connectivity index (χ1v) is 8.50. The summed E-state index contributed by atoms with van der Waals surface area (Å²) in [4.78, 5) is 25.3. The maximum atomic E-state index is 11.5. The Morgan fingerprint density at radius 2 is 1.85 bits per heavy atom. The maximum absolute atomic E-state index is 11.5. The fourth-order valence-corrected chi connectivity index (χ4v) is 2.43. The van der Waals surface area contributed by atoms with Crippen molar-refractivity contribution >= 4 is 52.6 Å². The second-order valence-corrected chi connectivity index (χ2v) is 7.54. The summed E-state index contributed by atoms with van der Waals surface area (Å²) >= 11 is 16.8. The molecule has 1 aliphatic heterocycles. The van der Waals surface area contributed by atoms with Crippen LogP contribution in [0.2, 0.25) is 0 Å². The third-order valence-corrected chi connectivity index (χ3v) is 3.83. The Balaban J connectivity index is 3.23. The Morgan fingerprint density at radius 1 is 1.22 bits per heavy atom. The molecule has 0 aromatic rings. The van der Waals surface area contributed by atoms with Crippen LogP contribution in [0.5, 0.6) is 0 Å². The highest BCUT2D eigenvalue weighted by atomic mass is 35.6. The number of nitrogens with zero attached hydrogens (tertiary/aromatic N) is 3. The maximum Gasteiger partial charge on any atom is 0.303 e. The molecule has 1 heterocycles. The molecule has 5 atom stereocenters. The molecule has 0 spiro atoms. The van der Waals surface area contributed by atoms with Gasteiger partial charge < -0.3 is 23.7 Å². The van der Waals surface area contributed by atoms with Gasteiger partial charge in [-0.1, -0.05) is 39.9 Å². The molecular weight excluding hydrogens is 431 g/mol. The number of azide groups is 1. The van der Waals surface area contributed by atoms with E-state index in [2.05, 4.69) is 10.0 Å². The van der Waals surface area contributed by atoms with Gasteiger partial charge >= 0.3 is 11.9 Å². The lowest BCUT2D eigenvalue weighted by atomic mass is 9.97. The third kappa shape index (κ3) is 6.87. The minimum atomic E-state index is -2.22. The van der Waals surface area contributed by atoms with Crippen LogP contribution in [-0.2, 0) is 33.3 Å². The molecule has 0 unspecified atom stereocenters. The van der Waals surface area contributed by atoms with Crippen LogP contribution in [-0.4, -0.2) is 66.0 Å². The normalized spacial score (nSPS) is 27.9. The van der Waals surface area contributed by atoms with Gasteiger partial charge in [0.25, 0.3) is 3.79 Å². The summed E-state index contributed by atoms with van der Waals surface area (Å²) in [5, 5.41) is 11.2. The number of hydrogen-bond acceptors (Lipinski definition) is 9. The summed E-state index contributed by atoms with van der Waals surface area (Å²) < 4.78 is 23.9. The van der Waals surface area contributed by atoms with E-state index >= 15 is 0 Å². The van der Waals surface area contributed by atoms with E-state index in [1.807, 2.05) is 0 Å². The number of carbonyl (C=O) groups excluding carboxylic acids is 2. The number of alkyl halides is 3. The Kier molecular flexibility index (Phi) is 8.86. The highest BCUT2D eigenvalue weighted by Crippen LogP contribution is 2.33. The first kappa shape index (κ1) is 23.5. The number of esters is 2. The predicted octanol–water partition coefficient (Wildman–Crippen LogP) is 2.26. The molecule has 1 aliphatic rings. The standard InChI is InChI=1S/C13H17Cl3N4O7/c1-5(21)24-4-7-9(23-3)10(25-6(2)22)8(19-20-18)11(26-7)27-12(17)13(14,15)16/h7-11,17H,4H2,1-3H3/t7-,8-,9-,10-,11-/m1/s1. The fourth-order valence-electron chi connectivity index (χ4n) is 2.30. The number of halogens is 3. The van der Waals surface area contributed by atoms with Crippen molar-refractivity contribution in [2.45, 2.75) is 48.3 Å². The van der Waals surface area contributed by atoms with E-state index in [0.29, 0.717) is 0 Å². The number of ether oxygens (including phenoxy) is 5. The van der Waals surface area contributed by atoms with Crippen molar-refractivity contribution in [3.63, 3.8) is 0 Å². The van der Waals surface area contributed by atoms with Gasteiger partial charge in [0.15, 0.2) is 0 Å². The quantitative estimate of drug-likeness (QED) is 0.125. The molecule has 27 heavy (non-hydrogen) atoms. The molecule has 11 nitrogen and oxygen atoms in total. The first-order chi connectivity index (χ1) is 12.5. The Hall–Kier alpha value is -1.49. The predicted molar refractivity (Wildman–Crippen MR) is 93.7 cm³/mol. The van der Waals surface area contributed by atoms with E-state index in [0.717, 1.165) is 6.92 Å². The van der Waals surface area contributed by atoms with Crippen molar-refractivity contribution in [1.82, 2.24) is 0 Å².